The van der Waals surface area contributed by atoms with Crippen molar-refractivity contribution in [3.8, 4) is 5.75 Å². The number of carbonyl (C=O) groups is 2. The molecule has 0 spiro atoms. The first-order valence-electron chi connectivity index (χ1n) is 11.5. The number of methoxy groups -OCH3 is 1. The minimum atomic E-state index is -3.87. The highest BCUT2D eigenvalue weighted by atomic mass is 35.5. The van der Waals surface area contributed by atoms with E-state index in [1.807, 2.05) is 13.8 Å². The van der Waals surface area contributed by atoms with E-state index < -0.39 is 28.5 Å². The summed E-state index contributed by atoms with van der Waals surface area (Å²) in [5.74, 6) is 0.0520. The summed E-state index contributed by atoms with van der Waals surface area (Å²) < 4.78 is 31.5. The number of benzene rings is 2. The van der Waals surface area contributed by atoms with Crippen molar-refractivity contribution in [1.29, 1.82) is 0 Å². The molecule has 0 saturated carbocycles. The van der Waals surface area contributed by atoms with Crippen LogP contribution in [0.1, 0.15) is 32.8 Å². The summed E-state index contributed by atoms with van der Waals surface area (Å²) in [6.45, 7) is 5.81. The second kappa shape index (κ2) is 13.2. The molecule has 2 rings (SSSR count). The van der Waals surface area contributed by atoms with Gasteiger partial charge in [0.05, 0.1) is 29.1 Å². The molecule has 1 N–H and O–H groups in total. The van der Waals surface area contributed by atoms with Crippen LogP contribution in [0.2, 0.25) is 10.0 Å². The number of anilines is 1. The van der Waals surface area contributed by atoms with Gasteiger partial charge in [0.1, 0.15) is 18.3 Å². The molecule has 198 valence electrons. The Balaban J connectivity index is 2.43. The molecular formula is C25H33Cl2N3O5S. The molecule has 36 heavy (non-hydrogen) atoms. The zero-order valence-electron chi connectivity index (χ0n) is 21.1. The minimum Gasteiger partial charge on any atom is -0.497 e. The van der Waals surface area contributed by atoms with Crippen molar-refractivity contribution in [2.24, 2.45) is 5.92 Å². The fourth-order valence-electron chi connectivity index (χ4n) is 3.52. The number of hydrogen-bond acceptors (Lipinski definition) is 5. The lowest BCUT2D eigenvalue weighted by Crippen LogP contribution is -2.52. The van der Waals surface area contributed by atoms with Gasteiger partial charge in [0, 0.05) is 13.1 Å². The van der Waals surface area contributed by atoms with Crippen molar-refractivity contribution in [3.63, 3.8) is 0 Å². The average molecular weight is 559 g/mol. The number of nitrogens with zero attached hydrogens (tertiary/aromatic N) is 2. The SMILES string of the molecule is CC[C@H](C(=O)NCC(C)C)N(Cc1ccc(OC)cc1)C(=O)CN(c1ccc(Cl)c(Cl)c1)S(C)(=O)=O. The molecule has 0 aliphatic heterocycles. The molecule has 8 nitrogen and oxygen atoms in total. The fraction of sp³-hybridized carbons (Fsp3) is 0.440. The summed E-state index contributed by atoms with van der Waals surface area (Å²) in [7, 11) is -2.31. The maximum absolute atomic E-state index is 13.7. The first-order valence-corrected chi connectivity index (χ1v) is 14.1. The molecular weight excluding hydrogens is 525 g/mol. The number of hydrogen-bond donors (Lipinski definition) is 1. The van der Waals surface area contributed by atoms with Gasteiger partial charge in [-0.05, 0) is 48.2 Å². The van der Waals surface area contributed by atoms with Gasteiger partial charge in [-0.3, -0.25) is 13.9 Å². The van der Waals surface area contributed by atoms with Crippen LogP contribution in [-0.2, 0) is 26.2 Å². The van der Waals surface area contributed by atoms with E-state index in [0.717, 1.165) is 16.1 Å². The van der Waals surface area contributed by atoms with E-state index in [1.165, 1.54) is 23.1 Å². The third kappa shape index (κ3) is 8.28. The second-order valence-corrected chi connectivity index (χ2v) is 11.5. The quantitative estimate of drug-likeness (QED) is 0.418. The third-order valence-corrected chi connectivity index (χ3v) is 7.33. The van der Waals surface area contributed by atoms with Crippen molar-refractivity contribution >= 4 is 50.7 Å². The van der Waals surface area contributed by atoms with Gasteiger partial charge in [-0.25, -0.2) is 8.42 Å². The molecule has 2 aromatic carbocycles. The van der Waals surface area contributed by atoms with E-state index in [4.69, 9.17) is 27.9 Å². The predicted octanol–water partition coefficient (Wildman–Crippen LogP) is 4.35. The molecule has 0 unspecified atom stereocenters. The lowest BCUT2D eigenvalue weighted by Gasteiger charge is -2.33. The van der Waals surface area contributed by atoms with Gasteiger partial charge in [0.15, 0.2) is 0 Å². The van der Waals surface area contributed by atoms with Crippen molar-refractivity contribution in [1.82, 2.24) is 10.2 Å². The molecule has 0 aliphatic carbocycles. The fourth-order valence-corrected chi connectivity index (χ4v) is 4.66. The Morgan fingerprint density at radius 3 is 2.19 bits per heavy atom. The molecule has 1 atom stereocenters. The number of sulfonamides is 1. The Morgan fingerprint density at radius 1 is 1.06 bits per heavy atom. The first kappa shape index (κ1) is 29.7. The van der Waals surface area contributed by atoms with Crippen LogP contribution < -0.4 is 14.4 Å². The van der Waals surface area contributed by atoms with E-state index in [1.54, 1.807) is 38.3 Å². The second-order valence-electron chi connectivity index (χ2n) is 8.80. The standard InChI is InChI=1S/C25H33Cl2N3O5S/c1-6-23(25(32)28-14-17(2)3)29(15-18-7-10-20(35-4)11-8-18)24(31)16-30(36(5,33)34)19-9-12-21(26)22(27)13-19/h7-13,17,23H,6,14-16H2,1-5H3,(H,28,32)/t23-/m1/s1. The Morgan fingerprint density at radius 2 is 1.69 bits per heavy atom. The zero-order chi connectivity index (χ0) is 27.0. The van der Waals surface area contributed by atoms with Crippen LogP contribution >= 0.6 is 23.2 Å². The largest absolute Gasteiger partial charge is 0.497 e. The van der Waals surface area contributed by atoms with E-state index in [-0.39, 0.29) is 34.1 Å². The summed E-state index contributed by atoms with van der Waals surface area (Å²) in [5, 5.41) is 3.30. The molecule has 0 bridgehead atoms. The molecule has 0 aromatic heterocycles. The van der Waals surface area contributed by atoms with Gasteiger partial charge >= 0.3 is 0 Å². The molecule has 0 aliphatic rings. The molecule has 0 fully saturated rings. The van der Waals surface area contributed by atoms with E-state index in [0.29, 0.717) is 18.7 Å². The number of halogens is 2. The molecule has 0 heterocycles. The van der Waals surface area contributed by atoms with E-state index in [9.17, 15) is 18.0 Å². The van der Waals surface area contributed by atoms with Gasteiger partial charge < -0.3 is 15.0 Å². The van der Waals surface area contributed by atoms with Crippen LogP contribution in [0.3, 0.4) is 0 Å². The van der Waals surface area contributed by atoms with E-state index >= 15 is 0 Å². The summed E-state index contributed by atoms with van der Waals surface area (Å²) in [6, 6.07) is 10.6. The Kier molecular flexibility index (Phi) is 10.9. The first-order chi connectivity index (χ1) is 16.9. The summed E-state index contributed by atoms with van der Waals surface area (Å²) in [6.07, 6.45) is 1.35. The zero-order valence-corrected chi connectivity index (χ0v) is 23.5. The molecule has 0 saturated heterocycles. The highest BCUT2D eigenvalue weighted by molar-refractivity contribution is 7.92. The Hall–Kier alpha value is -2.49. The predicted molar refractivity (Wildman–Crippen MR) is 144 cm³/mol. The maximum Gasteiger partial charge on any atom is 0.244 e. The smallest absolute Gasteiger partial charge is 0.244 e. The minimum absolute atomic E-state index is 0.107. The summed E-state index contributed by atoms with van der Waals surface area (Å²) >= 11 is 12.1. The van der Waals surface area contributed by atoms with Crippen LogP contribution in [0.15, 0.2) is 42.5 Å². The van der Waals surface area contributed by atoms with Crippen LogP contribution in [0.25, 0.3) is 0 Å². The summed E-state index contributed by atoms with van der Waals surface area (Å²) in [4.78, 5) is 28.1. The highest BCUT2D eigenvalue weighted by Gasteiger charge is 2.32. The van der Waals surface area contributed by atoms with Crippen LogP contribution in [-0.4, -0.2) is 57.6 Å². The highest BCUT2D eigenvalue weighted by Crippen LogP contribution is 2.28. The lowest BCUT2D eigenvalue weighted by atomic mass is 10.1. The summed E-state index contributed by atoms with van der Waals surface area (Å²) in [5.41, 5.74) is 0.960. The van der Waals surface area contributed by atoms with Gasteiger partial charge in [-0.2, -0.15) is 0 Å². The molecule has 2 amide bonds. The van der Waals surface area contributed by atoms with Crippen LogP contribution in [0.4, 0.5) is 5.69 Å². The Labute approximate surface area is 223 Å². The van der Waals surface area contributed by atoms with E-state index in [2.05, 4.69) is 5.32 Å². The van der Waals surface area contributed by atoms with Gasteiger partial charge in [0.25, 0.3) is 0 Å². The molecule has 0 radical (unpaired) electrons. The average Bonchev–Trinajstić information content (AvgIpc) is 2.82. The lowest BCUT2D eigenvalue weighted by molar-refractivity contribution is -0.140. The molecule has 11 heteroatoms. The van der Waals surface area contributed by atoms with Crippen molar-refractivity contribution in [3.05, 3.63) is 58.1 Å². The van der Waals surface area contributed by atoms with Crippen molar-refractivity contribution < 1.29 is 22.7 Å². The van der Waals surface area contributed by atoms with Gasteiger partial charge in [-0.1, -0.05) is 56.1 Å². The number of ether oxygens (including phenoxy) is 1. The third-order valence-electron chi connectivity index (χ3n) is 5.45. The van der Waals surface area contributed by atoms with Gasteiger partial charge in [0.2, 0.25) is 21.8 Å². The normalized spacial score (nSPS) is 12.2. The van der Waals surface area contributed by atoms with Crippen LogP contribution in [0, 0.1) is 5.92 Å². The number of carbonyl (C=O) groups excluding carboxylic acids is 2. The Bertz CT molecular complexity index is 1160. The van der Waals surface area contributed by atoms with Crippen LogP contribution in [0.5, 0.6) is 5.75 Å². The van der Waals surface area contributed by atoms with Crippen molar-refractivity contribution in [2.45, 2.75) is 39.8 Å². The van der Waals surface area contributed by atoms with Gasteiger partial charge in [-0.15, -0.1) is 0 Å². The molecule has 2 aromatic rings. The number of nitrogens with one attached hydrogen (secondary N) is 1. The number of amides is 2. The number of rotatable bonds is 12. The maximum atomic E-state index is 13.7. The van der Waals surface area contributed by atoms with Crippen molar-refractivity contribution in [2.75, 3.05) is 30.8 Å². The topological polar surface area (TPSA) is 96.0 Å². The monoisotopic (exact) mass is 557 g/mol.